The smallest absolute Gasteiger partial charge is 0.259 e. The first kappa shape index (κ1) is 19.5. The molecule has 1 heterocycles. The van der Waals surface area contributed by atoms with Crippen molar-refractivity contribution in [3.8, 4) is 0 Å². The van der Waals surface area contributed by atoms with E-state index in [0.29, 0.717) is 23.9 Å². The number of hydrogen-bond acceptors (Lipinski definition) is 4. The van der Waals surface area contributed by atoms with Crippen LogP contribution in [0.1, 0.15) is 46.9 Å². The predicted molar refractivity (Wildman–Crippen MR) is 114 cm³/mol. The minimum atomic E-state index is -0.0601. The van der Waals surface area contributed by atoms with Gasteiger partial charge in [-0.05, 0) is 51.5 Å². The SMILES string of the molecule is CCN(C(=O)c1cc(C)cc(C)c1)c1ccnc(N[C@@H](C)c2ccccc2)n1. The Morgan fingerprint density at radius 1 is 1.07 bits per heavy atom. The van der Waals surface area contributed by atoms with Crippen LogP contribution in [-0.4, -0.2) is 22.4 Å². The van der Waals surface area contributed by atoms with Crippen molar-refractivity contribution >= 4 is 17.7 Å². The van der Waals surface area contributed by atoms with Gasteiger partial charge in [0.15, 0.2) is 0 Å². The highest BCUT2D eigenvalue weighted by molar-refractivity contribution is 6.05. The lowest BCUT2D eigenvalue weighted by Gasteiger charge is -2.21. The van der Waals surface area contributed by atoms with Gasteiger partial charge in [-0.15, -0.1) is 0 Å². The van der Waals surface area contributed by atoms with E-state index < -0.39 is 0 Å². The predicted octanol–water partition coefficient (Wildman–Crippen LogP) is 4.93. The number of aryl methyl sites for hydroxylation is 2. The zero-order valence-corrected chi connectivity index (χ0v) is 16.8. The number of nitrogens with zero attached hydrogens (tertiary/aromatic N) is 3. The number of aromatic nitrogens is 2. The number of nitrogens with one attached hydrogen (secondary N) is 1. The van der Waals surface area contributed by atoms with E-state index in [-0.39, 0.29) is 11.9 Å². The molecule has 1 atom stereocenters. The van der Waals surface area contributed by atoms with Crippen LogP contribution in [0.4, 0.5) is 11.8 Å². The van der Waals surface area contributed by atoms with Crippen molar-refractivity contribution < 1.29 is 4.79 Å². The third kappa shape index (κ3) is 4.55. The lowest BCUT2D eigenvalue weighted by Crippen LogP contribution is -2.31. The second kappa shape index (κ2) is 8.65. The second-order valence-corrected chi connectivity index (χ2v) is 6.94. The largest absolute Gasteiger partial charge is 0.348 e. The zero-order chi connectivity index (χ0) is 20.1. The maximum Gasteiger partial charge on any atom is 0.259 e. The molecule has 0 fully saturated rings. The van der Waals surface area contributed by atoms with Crippen LogP contribution < -0.4 is 10.2 Å². The summed E-state index contributed by atoms with van der Waals surface area (Å²) in [4.78, 5) is 23.7. The summed E-state index contributed by atoms with van der Waals surface area (Å²) in [5.41, 5.74) is 3.96. The van der Waals surface area contributed by atoms with Gasteiger partial charge < -0.3 is 5.32 Å². The molecule has 3 aromatic rings. The lowest BCUT2D eigenvalue weighted by atomic mass is 10.1. The highest BCUT2D eigenvalue weighted by Crippen LogP contribution is 2.20. The van der Waals surface area contributed by atoms with Crippen molar-refractivity contribution in [1.82, 2.24) is 9.97 Å². The molecule has 5 heteroatoms. The van der Waals surface area contributed by atoms with Crippen LogP contribution >= 0.6 is 0 Å². The fraction of sp³-hybridized carbons (Fsp3) is 0.261. The summed E-state index contributed by atoms with van der Waals surface area (Å²) in [5.74, 6) is 1.03. The van der Waals surface area contributed by atoms with Gasteiger partial charge in [-0.25, -0.2) is 4.98 Å². The molecule has 0 aliphatic heterocycles. The number of rotatable bonds is 6. The first-order chi connectivity index (χ1) is 13.5. The molecular weight excluding hydrogens is 348 g/mol. The summed E-state index contributed by atoms with van der Waals surface area (Å²) in [7, 11) is 0. The summed E-state index contributed by atoms with van der Waals surface area (Å²) in [5, 5.41) is 3.31. The van der Waals surface area contributed by atoms with E-state index in [1.807, 2.05) is 51.1 Å². The van der Waals surface area contributed by atoms with E-state index in [9.17, 15) is 4.79 Å². The Labute approximate surface area is 166 Å². The Hall–Kier alpha value is -3.21. The highest BCUT2D eigenvalue weighted by Gasteiger charge is 2.19. The van der Waals surface area contributed by atoms with Crippen LogP contribution in [0.3, 0.4) is 0 Å². The summed E-state index contributed by atoms with van der Waals surface area (Å²) in [6.45, 7) is 8.53. The summed E-state index contributed by atoms with van der Waals surface area (Å²) < 4.78 is 0. The Balaban J connectivity index is 1.83. The average Bonchev–Trinajstić information content (AvgIpc) is 2.68. The van der Waals surface area contributed by atoms with Gasteiger partial charge in [0, 0.05) is 18.3 Å². The van der Waals surface area contributed by atoms with Crippen LogP contribution in [0.15, 0.2) is 60.8 Å². The van der Waals surface area contributed by atoms with Gasteiger partial charge in [0.1, 0.15) is 5.82 Å². The van der Waals surface area contributed by atoms with Gasteiger partial charge in [-0.1, -0.05) is 47.5 Å². The first-order valence-corrected chi connectivity index (χ1v) is 9.52. The zero-order valence-electron chi connectivity index (χ0n) is 16.8. The number of carbonyl (C=O) groups is 1. The molecule has 0 spiro atoms. The number of anilines is 2. The van der Waals surface area contributed by atoms with Crippen molar-refractivity contribution in [2.24, 2.45) is 0 Å². The molecule has 5 nitrogen and oxygen atoms in total. The Kier molecular flexibility index (Phi) is 6.04. The molecule has 144 valence electrons. The van der Waals surface area contributed by atoms with Crippen LogP contribution in [0.2, 0.25) is 0 Å². The molecule has 0 saturated carbocycles. The van der Waals surface area contributed by atoms with Crippen LogP contribution in [0, 0.1) is 13.8 Å². The standard InChI is InChI=1S/C23H26N4O/c1-5-27(22(28)20-14-16(2)13-17(3)15-20)21-11-12-24-23(26-21)25-18(4)19-9-7-6-8-10-19/h6-15,18H,5H2,1-4H3,(H,24,25,26)/t18-/m0/s1. The molecule has 3 rings (SSSR count). The molecule has 0 radical (unpaired) electrons. The monoisotopic (exact) mass is 374 g/mol. The van der Waals surface area contributed by atoms with Crippen LogP contribution in [0.5, 0.6) is 0 Å². The van der Waals surface area contributed by atoms with Gasteiger partial charge in [0.25, 0.3) is 5.91 Å². The molecule has 0 saturated heterocycles. The number of hydrogen-bond donors (Lipinski definition) is 1. The van der Waals surface area contributed by atoms with Crippen molar-refractivity contribution in [2.75, 3.05) is 16.8 Å². The quantitative estimate of drug-likeness (QED) is 0.664. The normalized spacial score (nSPS) is 11.7. The first-order valence-electron chi connectivity index (χ1n) is 9.52. The Bertz CT molecular complexity index is 936. The van der Waals surface area contributed by atoms with Gasteiger partial charge in [-0.3, -0.25) is 9.69 Å². The molecule has 0 unspecified atom stereocenters. The molecule has 0 aliphatic rings. The molecule has 28 heavy (non-hydrogen) atoms. The van der Waals surface area contributed by atoms with E-state index in [4.69, 9.17) is 0 Å². The van der Waals surface area contributed by atoms with Gasteiger partial charge in [0.05, 0.1) is 6.04 Å². The van der Waals surface area contributed by atoms with E-state index in [1.165, 1.54) is 0 Å². The highest BCUT2D eigenvalue weighted by atomic mass is 16.2. The summed E-state index contributed by atoms with van der Waals surface area (Å²) in [6.07, 6.45) is 1.68. The minimum Gasteiger partial charge on any atom is -0.348 e. The Morgan fingerprint density at radius 3 is 2.39 bits per heavy atom. The molecule has 1 N–H and O–H groups in total. The fourth-order valence-corrected chi connectivity index (χ4v) is 3.25. The van der Waals surface area contributed by atoms with Gasteiger partial charge in [0.2, 0.25) is 5.95 Å². The third-order valence-electron chi connectivity index (χ3n) is 4.59. The Morgan fingerprint density at radius 2 is 1.75 bits per heavy atom. The topological polar surface area (TPSA) is 58.1 Å². The molecule has 0 aliphatic carbocycles. The van der Waals surface area contributed by atoms with E-state index in [2.05, 4.69) is 40.4 Å². The maximum atomic E-state index is 13.1. The number of amides is 1. The molecule has 2 aromatic carbocycles. The molecule has 1 amide bonds. The number of benzene rings is 2. The minimum absolute atomic E-state index is 0.0571. The van der Waals surface area contributed by atoms with Crippen molar-refractivity contribution in [3.63, 3.8) is 0 Å². The number of carbonyl (C=O) groups excluding carboxylic acids is 1. The average molecular weight is 374 g/mol. The third-order valence-corrected chi connectivity index (χ3v) is 4.59. The molecule has 0 bridgehead atoms. The van der Waals surface area contributed by atoms with E-state index in [0.717, 1.165) is 16.7 Å². The van der Waals surface area contributed by atoms with Gasteiger partial charge in [-0.2, -0.15) is 4.98 Å². The van der Waals surface area contributed by atoms with Crippen molar-refractivity contribution in [1.29, 1.82) is 0 Å². The molecular formula is C23H26N4O. The van der Waals surface area contributed by atoms with Gasteiger partial charge >= 0.3 is 0 Å². The fourth-order valence-electron chi connectivity index (χ4n) is 3.25. The van der Waals surface area contributed by atoms with E-state index in [1.54, 1.807) is 17.2 Å². The summed E-state index contributed by atoms with van der Waals surface area (Å²) in [6, 6.07) is 17.8. The maximum absolute atomic E-state index is 13.1. The van der Waals surface area contributed by atoms with Crippen LogP contribution in [0.25, 0.3) is 0 Å². The van der Waals surface area contributed by atoms with Crippen molar-refractivity contribution in [2.45, 2.75) is 33.7 Å². The molecule has 1 aromatic heterocycles. The van der Waals surface area contributed by atoms with Crippen molar-refractivity contribution in [3.05, 3.63) is 83.0 Å². The van der Waals surface area contributed by atoms with E-state index >= 15 is 0 Å². The lowest BCUT2D eigenvalue weighted by molar-refractivity contribution is 0.0987. The second-order valence-electron chi connectivity index (χ2n) is 6.94. The van der Waals surface area contributed by atoms with Crippen LogP contribution in [-0.2, 0) is 0 Å². The summed E-state index contributed by atoms with van der Waals surface area (Å²) >= 11 is 0.